The Balaban J connectivity index is 2.26. The number of nitrogens with one attached hydrogen (secondary N) is 1. The first-order valence-electron chi connectivity index (χ1n) is 23.2. The van der Waals surface area contributed by atoms with E-state index >= 15 is 0 Å². The number of ether oxygens (including phenoxy) is 2. The normalized spacial score (nSPS) is 21.4. The zero-order chi connectivity index (χ0) is 40.9. The molecule has 1 heterocycles. The Kier molecular flexibility index (Phi) is 35.3. The number of rotatable bonds is 38. The number of aliphatic hydroxyl groups is 5. The summed E-state index contributed by atoms with van der Waals surface area (Å²) in [5.41, 5.74) is 0. The minimum absolute atomic E-state index is 0.196. The van der Waals surface area contributed by atoms with E-state index in [1.807, 2.05) is 6.08 Å². The lowest BCUT2D eigenvalue weighted by atomic mass is 9.99. The molecule has 7 atom stereocenters. The third-order valence-corrected chi connectivity index (χ3v) is 11.0. The van der Waals surface area contributed by atoms with Gasteiger partial charge in [-0.05, 0) is 44.9 Å². The van der Waals surface area contributed by atoms with Gasteiger partial charge < -0.3 is 40.3 Å². The summed E-state index contributed by atoms with van der Waals surface area (Å²) in [6.45, 7) is 3.70. The average molecular weight is 794 g/mol. The largest absolute Gasteiger partial charge is 0.394 e. The number of hydrogen-bond acceptors (Lipinski definition) is 8. The summed E-state index contributed by atoms with van der Waals surface area (Å²) in [5.74, 6) is -0.196. The van der Waals surface area contributed by atoms with Crippen molar-refractivity contribution in [2.75, 3.05) is 13.2 Å². The number of carbonyl (C=O) groups is 1. The van der Waals surface area contributed by atoms with Gasteiger partial charge in [0, 0.05) is 6.42 Å². The van der Waals surface area contributed by atoms with Gasteiger partial charge in [-0.3, -0.25) is 4.79 Å². The highest BCUT2D eigenvalue weighted by molar-refractivity contribution is 5.76. The predicted octanol–water partition coefficient (Wildman–Crippen LogP) is 9.67. The fourth-order valence-electron chi connectivity index (χ4n) is 7.21. The van der Waals surface area contributed by atoms with E-state index in [0.717, 1.165) is 32.1 Å². The second-order valence-electron chi connectivity index (χ2n) is 16.2. The average Bonchev–Trinajstić information content (AvgIpc) is 3.20. The van der Waals surface area contributed by atoms with E-state index in [-0.39, 0.29) is 12.5 Å². The van der Waals surface area contributed by atoms with Crippen molar-refractivity contribution in [2.24, 2.45) is 0 Å². The minimum Gasteiger partial charge on any atom is -0.394 e. The van der Waals surface area contributed by atoms with Gasteiger partial charge in [-0.1, -0.05) is 185 Å². The Morgan fingerprint density at radius 3 is 1.54 bits per heavy atom. The minimum atomic E-state index is -1.57. The van der Waals surface area contributed by atoms with Crippen LogP contribution in [0.5, 0.6) is 0 Å². The van der Waals surface area contributed by atoms with Crippen LogP contribution in [0.3, 0.4) is 0 Å². The van der Waals surface area contributed by atoms with Crippen LogP contribution < -0.4 is 5.32 Å². The molecule has 1 aliphatic heterocycles. The first-order valence-corrected chi connectivity index (χ1v) is 23.2. The van der Waals surface area contributed by atoms with Gasteiger partial charge in [0.1, 0.15) is 24.4 Å². The van der Waals surface area contributed by atoms with Gasteiger partial charge in [0.25, 0.3) is 0 Å². The summed E-state index contributed by atoms with van der Waals surface area (Å²) in [6.07, 6.45) is 39.3. The van der Waals surface area contributed by atoms with Crippen molar-refractivity contribution in [1.82, 2.24) is 5.32 Å². The third kappa shape index (κ3) is 27.9. The molecule has 1 rings (SSSR count). The molecule has 9 nitrogen and oxygen atoms in total. The molecule has 6 N–H and O–H groups in total. The van der Waals surface area contributed by atoms with Crippen molar-refractivity contribution < 1.29 is 39.8 Å². The molecular formula is C47H87NO8. The summed E-state index contributed by atoms with van der Waals surface area (Å²) >= 11 is 0. The maximum absolute atomic E-state index is 12.9. The Hall–Kier alpha value is -1.59. The quantitative estimate of drug-likeness (QED) is 0.0206. The second-order valence-corrected chi connectivity index (χ2v) is 16.2. The van der Waals surface area contributed by atoms with Gasteiger partial charge in [0.05, 0.1) is 25.4 Å². The highest BCUT2D eigenvalue weighted by atomic mass is 16.7. The topological polar surface area (TPSA) is 149 Å². The predicted molar refractivity (Wildman–Crippen MR) is 230 cm³/mol. The van der Waals surface area contributed by atoms with Gasteiger partial charge in [-0.2, -0.15) is 0 Å². The van der Waals surface area contributed by atoms with Crippen LogP contribution in [0.4, 0.5) is 0 Å². The lowest BCUT2D eigenvalue weighted by molar-refractivity contribution is -0.302. The second kappa shape index (κ2) is 37.7. The molecule has 0 radical (unpaired) electrons. The number of unbranched alkanes of at least 4 members (excludes halogenated alkanes) is 25. The highest BCUT2D eigenvalue weighted by Gasteiger charge is 2.44. The van der Waals surface area contributed by atoms with Gasteiger partial charge in [0.15, 0.2) is 6.29 Å². The number of aliphatic hydroxyl groups excluding tert-OH is 5. The first kappa shape index (κ1) is 52.4. The van der Waals surface area contributed by atoms with E-state index < -0.39 is 49.5 Å². The monoisotopic (exact) mass is 794 g/mol. The molecule has 0 aliphatic carbocycles. The van der Waals surface area contributed by atoms with Crippen molar-refractivity contribution >= 4 is 5.91 Å². The molecule has 0 aromatic rings. The van der Waals surface area contributed by atoms with Crippen molar-refractivity contribution in [3.05, 3.63) is 36.5 Å². The van der Waals surface area contributed by atoms with Crippen LogP contribution >= 0.6 is 0 Å². The Labute approximate surface area is 342 Å². The van der Waals surface area contributed by atoms with E-state index in [1.165, 1.54) is 148 Å². The van der Waals surface area contributed by atoms with Gasteiger partial charge >= 0.3 is 0 Å². The summed E-state index contributed by atoms with van der Waals surface area (Å²) < 4.78 is 11.2. The van der Waals surface area contributed by atoms with E-state index in [1.54, 1.807) is 12.2 Å². The molecule has 2 unspecified atom stereocenters. The van der Waals surface area contributed by atoms with Crippen molar-refractivity contribution in [3.8, 4) is 0 Å². The lowest BCUT2D eigenvalue weighted by Gasteiger charge is -2.40. The Morgan fingerprint density at radius 2 is 1.05 bits per heavy atom. The molecule has 1 saturated heterocycles. The van der Waals surface area contributed by atoms with Gasteiger partial charge in [-0.25, -0.2) is 0 Å². The zero-order valence-corrected chi connectivity index (χ0v) is 35.9. The standard InChI is InChI=1S/C47H87NO8/c1-3-5-7-9-11-13-15-16-17-18-19-20-21-22-23-24-25-26-27-29-31-33-35-37-43(51)48-40(39-55-47-46(54)45(53)44(52)42(38-49)56-47)41(50)36-34-32-30-28-14-12-10-8-6-4-2/h16-17,30,32,34,36,40-42,44-47,49-50,52-54H,3-15,18-29,31,33,35,37-39H2,1-2H3,(H,48,51)/b17-16+,32-30+,36-34+/t40-,41+,42-,44-,45?,46?,47-/m0/s1. The molecule has 328 valence electrons. The molecule has 1 aliphatic rings. The molecule has 1 fully saturated rings. The van der Waals surface area contributed by atoms with Crippen LogP contribution in [0, 0.1) is 0 Å². The fourth-order valence-corrected chi connectivity index (χ4v) is 7.21. The molecule has 0 spiro atoms. The molecule has 0 bridgehead atoms. The molecule has 9 heteroatoms. The summed E-state index contributed by atoms with van der Waals surface area (Å²) in [5, 5.41) is 54.0. The van der Waals surface area contributed by atoms with Crippen molar-refractivity contribution in [2.45, 2.75) is 243 Å². The van der Waals surface area contributed by atoms with E-state index in [9.17, 15) is 30.3 Å². The maximum Gasteiger partial charge on any atom is 0.220 e. The van der Waals surface area contributed by atoms with Gasteiger partial charge in [0.2, 0.25) is 5.91 Å². The molecule has 0 aromatic heterocycles. The van der Waals surface area contributed by atoms with E-state index in [2.05, 4.69) is 37.4 Å². The third-order valence-electron chi connectivity index (χ3n) is 11.0. The fraction of sp³-hybridized carbons (Fsp3) is 0.851. The number of amides is 1. The van der Waals surface area contributed by atoms with Crippen LogP contribution in [0.1, 0.15) is 200 Å². The molecule has 0 aromatic carbocycles. The zero-order valence-electron chi connectivity index (χ0n) is 35.9. The number of carbonyl (C=O) groups excluding carboxylic acids is 1. The molecule has 1 amide bonds. The summed E-state index contributed by atoms with van der Waals surface area (Å²) in [4.78, 5) is 12.9. The number of allylic oxidation sites excluding steroid dienone is 5. The van der Waals surface area contributed by atoms with E-state index in [4.69, 9.17) is 9.47 Å². The maximum atomic E-state index is 12.9. The Bertz CT molecular complexity index is 972. The van der Waals surface area contributed by atoms with E-state index in [0.29, 0.717) is 6.42 Å². The smallest absolute Gasteiger partial charge is 0.220 e. The highest BCUT2D eigenvalue weighted by Crippen LogP contribution is 2.22. The summed E-state index contributed by atoms with van der Waals surface area (Å²) in [7, 11) is 0. The first-order chi connectivity index (χ1) is 27.3. The summed E-state index contributed by atoms with van der Waals surface area (Å²) in [6, 6.07) is -0.834. The molecule has 56 heavy (non-hydrogen) atoms. The number of hydrogen-bond donors (Lipinski definition) is 6. The molecule has 0 saturated carbocycles. The Morgan fingerprint density at radius 1 is 0.607 bits per heavy atom. The van der Waals surface area contributed by atoms with Crippen LogP contribution in [0.15, 0.2) is 36.5 Å². The van der Waals surface area contributed by atoms with Crippen LogP contribution in [0.2, 0.25) is 0 Å². The SMILES string of the molecule is CCCCCCCC/C=C/C=C/[C@@H](O)[C@H](CO[C@H]1O[C@@H](CO)[C@H](O)C(O)C1O)NC(=O)CCCCCCCCCCCCCCC/C=C/CCCCCCCC. The van der Waals surface area contributed by atoms with Crippen molar-refractivity contribution in [3.63, 3.8) is 0 Å². The van der Waals surface area contributed by atoms with Gasteiger partial charge in [-0.15, -0.1) is 0 Å². The lowest BCUT2D eigenvalue weighted by Crippen LogP contribution is -2.60. The van der Waals surface area contributed by atoms with Crippen LogP contribution in [-0.4, -0.2) is 87.5 Å². The van der Waals surface area contributed by atoms with Crippen LogP contribution in [0.25, 0.3) is 0 Å². The molecular weight excluding hydrogens is 707 g/mol. The van der Waals surface area contributed by atoms with Crippen LogP contribution in [-0.2, 0) is 14.3 Å². The van der Waals surface area contributed by atoms with Crippen molar-refractivity contribution in [1.29, 1.82) is 0 Å².